The number of Topliss-reactive ketones (excluding diaryl/α,β-unsaturated/α-hetero) is 1. The molecule has 3 nitrogen and oxygen atoms in total. The van der Waals surface area contributed by atoms with Crippen LogP contribution in [0.3, 0.4) is 0 Å². The molecule has 1 saturated heterocycles. The van der Waals surface area contributed by atoms with Gasteiger partial charge >= 0.3 is 0 Å². The first-order chi connectivity index (χ1) is 8.54. The van der Waals surface area contributed by atoms with Gasteiger partial charge < -0.3 is 9.64 Å². The maximum atomic E-state index is 11.7. The van der Waals surface area contributed by atoms with E-state index >= 15 is 0 Å². The second kappa shape index (κ2) is 5.19. The van der Waals surface area contributed by atoms with Gasteiger partial charge in [-0.3, -0.25) is 4.79 Å². The minimum absolute atomic E-state index is 0.0439. The Bertz CT molecular complexity index is 461. The van der Waals surface area contributed by atoms with Crippen LogP contribution in [0.4, 0.5) is 5.69 Å². The van der Waals surface area contributed by atoms with Gasteiger partial charge in [0.25, 0.3) is 0 Å². The zero-order chi connectivity index (χ0) is 13.3. The monoisotopic (exact) mass is 267 g/mol. The molecule has 1 aromatic rings. The lowest BCUT2D eigenvalue weighted by atomic mass is 9.90. The summed E-state index contributed by atoms with van der Waals surface area (Å²) in [5, 5.41) is 0.683. The van der Waals surface area contributed by atoms with Gasteiger partial charge in [0.1, 0.15) is 11.5 Å². The molecule has 2 atom stereocenters. The Balaban J connectivity index is 2.36. The zero-order valence-electron chi connectivity index (χ0n) is 10.9. The van der Waals surface area contributed by atoms with Crippen LogP contribution in [-0.2, 0) is 4.79 Å². The molecule has 2 unspecified atom stereocenters. The highest BCUT2D eigenvalue weighted by molar-refractivity contribution is 6.31. The molecule has 0 bridgehead atoms. The Morgan fingerprint density at radius 1 is 1.39 bits per heavy atom. The van der Waals surface area contributed by atoms with Crippen LogP contribution in [0.25, 0.3) is 0 Å². The third-order valence-corrected chi connectivity index (χ3v) is 4.01. The number of anilines is 1. The van der Waals surface area contributed by atoms with E-state index in [2.05, 4.69) is 11.8 Å². The molecule has 0 aliphatic carbocycles. The van der Waals surface area contributed by atoms with Crippen molar-refractivity contribution < 1.29 is 9.53 Å². The number of hydrogen-bond acceptors (Lipinski definition) is 3. The van der Waals surface area contributed by atoms with Gasteiger partial charge in [-0.05, 0) is 25.1 Å². The van der Waals surface area contributed by atoms with Crippen molar-refractivity contribution in [1.29, 1.82) is 0 Å². The highest BCUT2D eigenvalue weighted by Gasteiger charge is 2.32. The quantitative estimate of drug-likeness (QED) is 0.824. The van der Waals surface area contributed by atoms with Crippen LogP contribution in [0.15, 0.2) is 18.2 Å². The topological polar surface area (TPSA) is 29.5 Å². The number of ketones is 1. The SMILES string of the molecule is COc1ccc(Cl)cc1N1CCC(=O)C(C)C1C. The Hall–Kier alpha value is -1.22. The van der Waals surface area contributed by atoms with Gasteiger partial charge in [0.15, 0.2) is 0 Å². The largest absolute Gasteiger partial charge is 0.495 e. The molecular formula is C14H18ClNO2. The smallest absolute Gasteiger partial charge is 0.142 e. The first kappa shape index (κ1) is 13.2. The van der Waals surface area contributed by atoms with Crippen molar-refractivity contribution in [3.8, 4) is 5.75 Å². The number of carbonyl (C=O) groups excluding carboxylic acids is 1. The Labute approximate surface area is 113 Å². The van der Waals surface area contributed by atoms with Gasteiger partial charge in [0, 0.05) is 29.9 Å². The molecule has 2 rings (SSSR count). The maximum Gasteiger partial charge on any atom is 0.142 e. The fourth-order valence-electron chi connectivity index (χ4n) is 2.43. The van der Waals surface area contributed by atoms with Crippen molar-refractivity contribution in [3.63, 3.8) is 0 Å². The molecule has 1 heterocycles. The summed E-state index contributed by atoms with van der Waals surface area (Å²) >= 11 is 6.06. The second-order valence-electron chi connectivity index (χ2n) is 4.76. The molecule has 18 heavy (non-hydrogen) atoms. The van der Waals surface area contributed by atoms with E-state index in [0.717, 1.165) is 18.0 Å². The van der Waals surface area contributed by atoms with Gasteiger partial charge in [-0.1, -0.05) is 18.5 Å². The first-order valence-corrected chi connectivity index (χ1v) is 6.55. The Morgan fingerprint density at radius 2 is 2.11 bits per heavy atom. The molecule has 4 heteroatoms. The fourth-order valence-corrected chi connectivity index (χ4v) is 2.59. The lowest BCUT2D eigenvalue weighted by Crippen LogP contribution is -2.47. The summed E-state index contributed by atoms with van der Waals surface area (Å²) in [4.78, 5) is 13.9. The van der Waals surface area contributed by atoms with Crippen molar-refractivity contribution in [1.82, 2.24) is 0 Å². The van der Waals surface area contributed by atoms with Gasteiger partial charge in [0.05, 0.1) is 12.8 Å². The molecule has 0 aromatic heterocycles. The van der Waals surface area contributed by atoms with Crippen LogP contribution in [-0.4, -0.2) is 25.5 Å². The third-order valence-electron chi connectivity index (χ3n) is 3.77. The van der Waals surface area contributed by atoms with Crippen LogP contribution in [0.2, 0.25) is 5.02 Å². The van der Waals surface area contributed by atoms with E-state index < -0.39 is 0 Å². The molecule has 1 aromatic carbocycles. The van der Waals surface area contributed by atoms with E-state index in [-0.39, 0.29) is 12.0 Å². The fraction of sp³-hybridized carbons (Fsp3) is 0.500. The molecule has 1 fully saturated rings. The molecule has 1 aliphatic rings. The van der Waals surface area contributed by atoms with Crippen molar-refractivity contribution >= 4 is 23.1 Å². The minimum Gasteiger partial charge on any atom is -0.495 e. The second-order valence-corrected chi connectivity index (χ2v) is 5.19. The highest BCUT2D eigenvalue weighted by atomic mass is 35.5. The maximum absolute atomic E-state index is 11.7. The zero-order valence-corrected chi connectivity index (χ0v) is 11.7. The number of rotatable bonds is 2. The average Bonchev–Trinajstić information content (AvgIpc) is 2.36. The normalized spacial score (nSPS) is 24.2. The van der Waals surface area contributed by atoms with Gasteiger partial charge in [-0.25, -0.2) is 0 Å². The summed E-state index contributed by atoms with van der Waals surface area (Å²) in [5.41, 5.74) is 0.969. The predicted molar refractivity (Wildman–Crippen MR) is 73.6 cm³/mol. The van der Waals surface area contributed by atoms with E-state index in [1.54, 1.807) is 7.11 Å². The van der Waals surface area contributed by atoms with E-state index in [1.807, 2.05) is 25.1 Å². The van der Waals surface area contributed by atoms with Crippen LogP contribution in [0.5, 0.6) is 5.75 Å². The van der Waals surface area contributed by atoms with Crippen molar-refractivity contribution in [3.05, 3.63) is 23.2 Å². The van der Waals surface area contributed by atoms with Crippen molar-refractivity contribution in [2.75, 3.05) is 18.6 Å². The molecule has 0 spiro atoms. The van der Waals surface area contributed by atoms with Crippen LogP contribution in [0.1, 0.15) is 20.3 Å². The van der Waals surface area contributed by atoms with E-state index in [0.29, 0.717) is 17.2 Å². The van der Waals surface area contributed by atoms with E-state index in [9.17, 15) is 4.79 Å². The lowest BCUT2D eigenvalue weighted by Gasteiger charge is -2.39. The first-order valence-electron chi connectivity index (χ1n) is 6.17. The van der Waals surface area contributed by atoms with Gasteiger partial charge in [-0.15, -0.1) is 0 Å². The van der Waals surface area contributed by atoms with Crippen molar-refractivity contribution in [2.45, 2.75) is 26.3 Å². The van der Waals surface area contributed by atoms with Gasteiger partial charge in [0.2, 0.25) is 0 Å². The molecule has 0 amide bonds. The molecule has 0 N–H and O–H groups in total. The summed E-state index contributed by atoms with van der Waals surface area (Å²) < 4.78 is 5.38. The molecule has 0 saturated carbocycles. The Morgan fingerprint density at radius 3 is 2.78 bits per heavy atom. The molecule has 1 aliphatic heterocycles. The van der Waals surface area contributed by atoms with Crippen LogP contribution >= 0.6 is 11.6 Å². The number of carbonyl (C=O) groups is 1. The van der Waals surface area contributed by atoms with E-state index in [4.69, 9.17) is 16.3 Å². The number of methoxy groups -OCH3 is 1. The Kier molecular flexibility index (Phi) is 3.81. The average molecular weight is 268 g/mol. The standard InChI is InChI=1S/C14H18ClNO2/c1-9-10(2)16(7-6-13(9)17)12-8-11(15)4-5-14(12)18-3/h4-5,8-10H,6-7H2,1-3H3. The molecule has 98 valence electrons. The molecular weight excluding hydrogens is 250 g/mol. The number of benzene rings is 1. The number of piperidine rings is 1. The summed E-state index contributed by atoms with van der Waals surface area (Å²) in [5.74, 6) is 1.18. The highest BCUT2D eigenvalue weighted by Crippen LogP contribution is 2.35. The van der Waals surface area contributed by atoms with Crippen molar-refractivity contribution in [2.24, 2.45) is 5.92 Å². The number of nitrogens with zero attached hydrogens (tertiary/aromatic N) is 1. The number of ether oxygens (including phenoxy) is 1. The van der Waals surface area contributed by atoms with Crippen LogP contribution in [0, 0.1) is 5.92 Å². The van der Waals surface area contributed by atoms with E-state index in [1.165, 1.54) is 0 Å². The summed E-state index contributed by atoms with van der Waals surface area (Å²) in [6.45, 7) is 4.78. The predicted octanol–water partition coefficient (Wildman–Crippen LogP) is 3.15. The molecule has 0 radical (unpaired) electrons. The number of halogens is 1. The minimum atomic E-state index is 0.0439. The van der Waals surface area contributed by atoms with Gasteiger partial charge in [-0.2, -0.15) is 0 Å². The summed E-state index contributed by atoms with van der Waals surface area (Å²) in [6.07, 6.45) is 0.584. The lowest BCUT2D eigenvalue weighted by molar-refractivity contribution is -0.123. The summed E-state index contributed by atoms with van der Waals surface area (Å²) in [7, 11) is 1.65. The third kappa shape index (κ3) is 2.32. The summed E-state index contributed by atoms with van der Waals surface area (Å²) in [6, 6.07) is 5.75. The number of hydrogen-bond donors (Lipinski definition) is 0. The van der Waals surface area contributed by atoms with Crippen LogP contribution < -0.4 is 9.64 Å².